The first-order valence-electron chi connectivity index (χ1n) is 7.33. The normalized spacial score (nSPS) is 11.5. The summed E-state index contributed by atoms with van der Waals surface area (Å²) in [4.78, 5) is 19.4. The average molecular weight is 293 g/mol. The van der Waals surface area contributed by atoms with Gasteiger partial charge in [-0.05, 0) is 23.8 Å². The van der Waals surface area contributed by atoms with Crippen LogP contribution in [0.3, 0.4) is 0 Å². The topological polar surface area (TPSA) is 57.8 Å². The fourth-order valence-corrected chi connectivity index (χ4v) is 2.63. The molecule has 112 valence electrons. The van der Waals surface area contributed by atoms with E-state index in [4.69, 9.17) is 0 Å². The fourth-order valence-electron chi connectivity index (χ4n) is 2.63. The van der Waals surface area contributed by atoms with E-state index in [9.17, 15) is 4.79 Å². The van der Waals surface area contributed by atoms with Crippen LogP contribution in [0.2, 0.25) is 0 Å². The van der Waals surface area contributed by atoms with Gasteiger partial charge in [-0.25, -0.2) is 0 Å². The van der Waals surface area contributed by atoms with E-state index in [0.29, 0.717) is 12.1 Å². The van der Waals surface area contributed by atoms with Gasteiger partial charge in [0.05, 0.1) is 5.56 Å². The molecule has 0 saturated carbocycles. The molecule has 2 heterocycles. The molecule has 0 bridgehead atoms. The molecule has 22 heavy (non-hydrogen) atoms. The van der Waals surface area contributed by atoms with Gasteiger partial charge in [-0.3, -0.25) is 9.78 Å². The first kappa shape index (κ1) is 14.3. The van der Waals surface area contributed by atoms with Gasteiger partial charge in [0.25, 0.3) is 5.91 Å². The highest BCUT2D eigenvalue weighted by Crippen LogP contribution is 2.29. The van der Waals surface area contributed by atoms with E-state index in [1.807, 2.05) is 18.3 Å². The van der Waals surface area contributed by atoms with Gasteiger partial charge in [0.2, 0.25) is 0 Å². The summed E-state index contributed by atoms with van der Waals surface area (Å²) >= 11 is 0. The number of carbonyl (C=O) groups is 1. The molecule has 4 heteroatoms. The number of nitrogens with zero attached hydrogens (tertiary/aromatic N) is 1. The summed E-state index contributed by atoms with van der Waals surface area (Å²) in [5.41, 5.74) is 2.73. The number of para-hydroxylation sites is 1. The Hall–Kier alpha value is -2.62. The second-order valence-corrected chi connectivity index (χ2v) is 6.06. The smallest absolute Gasteiger partial charge is 0.252 e. The van der Waals surface area contributed by atoms with Gasteiger partial charge in [-0.15, -0.1) is 0 Å². The Kier molecular flexibility index (Phi) is 3.67. The first-order valence-corrected chi connectivity index (χ1v) is 7.33. The van der Waals surface area contributed by atoms with Crippen molar-refractivity contribution in [2.24, 2.45) is 0 Å². The lowest BCUT2D eigenvalue weighted by Gasteiger charge is -2.25. The van der Waals surface area contributed by atoms with Crippen LogP contribution in [0.4, 0.5) is 0 Å². The number of hydrogen-bond acceptors (Lipinski definition) is 2. The van der Waals surface area contributed by atoms with Crippen LogP contribution in [0.1, 0.15) is 29.8 Å². The summed E-state index contributed by atoms with van der Waals surface area (Å²) in [5.74, 6) is -0.0963. The van der Waals surface area contributed by atoms with Crippen molar-refractivity contribution in [2.75, 3.05) is 6.54 Å². The number of amides is 1. The maximum Gasteiger partial charge on any atom is 0.252 e. The summed E-state index contributed by atoms with van der Waals surface area (Å²) in [6, 6.07) is 11.7. The van der Waals surface area contributed by atoms with Gasteiger partial charge < -0.3 is 10.3 Å². The van der Waals surface area contributed by atoms with E-state index in [2.05, 4.69) is 41.3 Å². The summed E-state index contributed by atoms with van der Waals surface area (Å²) < 4.78 is 0. The van der Waals surface area contributed by atoms with Crippen molar-refractivity contribution in [3.05, 3.63) is 66.1 Å². The molecule has 4 nitrogen and oxygen atoms in total. The molecule has 2 N–H and O–H groups in total. The minimum Gasteiger partial charge on any atom is -0.361 e. The van der Waals surface area contributed by atoms with Crippen molar-refractivity contribution < 1.29 is 4.79 Å². The molecular formula is C18H19N3O. The number of benzene rings is 1. The van der Waals surface area contributed by atoms with Crippen LogP contribution in [0.5, 0.6) is 0 Å². The lowest BCUT2D eigenvalue weighted by molar-refractivity contribution is 0.0945. The lowest BCUT2D eigenvalue weighted by Crippen LogP contribution is -2.36. The highest BCUT2D eigenvalue weighted by molar-refractivity contribution is 5.94. The second-order valence-electron chi connectivity index (χ2n) is 6.06. The number of nitrogens with one attached hydrogen (secondary N) is 2. The van der Waals surface area contributed by atoms with E-state index < -0.39 is 0 Å². The third-order valence-corrected chi connectivity index (χ3v) is 3.93. The highest BCUT2D eigenvalue weighted by Gasteiger charge is 2.24. The van der Waals surface area contributed by atoms with Crippen LogP contribution in [-0.4, -0.2) is 22.4 Å². The van der Waals surface area contributed by atoms with Gasteiger partial charge >= 0.3 is 0 Å². The molecule has 0 saturated heterocycles. The monoisotopic (exact) mass is 293 g/mol. The van der Waals surface area contributed by atoms with Crippen molar-refractivity contribution in [1.82, 2.24) is 15.3 Å². The number of carbonyl (C=O) groups excluding carboxylic acids is 1. The average Bonchev–Trinajstić information content (AvgIpc) is 2.98. The van der Waals surface area contributed by atoms with Crippen molar-refractivity contribution in [3.8, 4) is 0 Å². The van der Waals surface area contributed by atoms with Crippen LogP contribution in [0.15, 0.2) is 55.0 Å². The molecular weight excluding hydrogens is 274 g/mol. The number of hydrogen-bond donors (Lipinski definition) is 2. The zero-order valence-electron chi connectivity index (χ0n) is 12.8. The van der Waals surface area contributed by atoms with E-state index in [1.165, 1.54) is 10.9 Å². The maximum absolute atomic E-state index is 12.2. The minimum atomic E-state index is -0.169. The van der Waals surface area contributed by atoms with Crippen LogP contribution in [0.25, 0.3) is 10.9 Å². The third-order valence-electron chi connectivity index (χ3n) is 3.93. The Morgan fingerprint density at radius 2 is 2.05 bits per heavy atom. The maximum atomic E-state index is 12.2. The SMILES string of the molecule is CC(C)(CNC(=O)c1cccnc1)c1c[nH]c2ccccc12. The zero-order chi connectivity index (χ0) is 15.6. The Morgan fingerprint density at radius 1 is 1.23 bits per heavy atom. The van der Waals surface area contributed by atoms with Gasteiger partial charge in [-0.2, -0.15) is 0 Å². The summed E-state index contributed by atoms with van der Waals surface area (Å²) in [6.07, 6.45) is 5.27. The number of fused-ring (bicyclic) bond motifs is 1. The van der Waals surface area contributed by atoms with Crippen LogP contribution >= 0.6 is 0 Å². The van der Waals surface area contributed by atoms with Crippen molar-refractivity contribution in [3.63, 3.8) is 0 Å². The van der Waals surface area contributed by atoms with Crippen LogP contribution in [0, 0.1) is 0 Å². The Bertz CT molecular complexity index is 790. The molecule has 0 aliphatic carbocycles. The zero-order valence-corrected chi connectivity index (χ0v) is 12.8. The molecule has 3 rings (SSSR count). The van der Waals surface area contributed by atoms with Gasteiger partial charge in [0.1, 0.15) is 0 Å². The van der Waals surface area contributed by atoms with Crippen molar-refractivity contribution >= 4 is 16.8 Å². The molecule has 0 unspecified atom stereocenters. The fraction of sp³-hybridized carbons (Fsp3) is 0.222. The highest BCUT2D eigenvalue weighted by atomic mass is 16.1. The molecule has 1 amide bonds. The summed E-state index contributed by atoms with van der Waals surface area (Å²) in [7, 11) is 0. The number of pyridine rings is 1. The standard InChI is InChI=1S/C18H19N3O/c1-18(2,12-21-17(22)13-6-5-9-19-10-13)15-11-20-16-8-4-3-7-14(15)16/h3-11,20H,12H2,1-2H3,(H,21,22). The van der Waals surface area contributed by atoms with E-state index in [-0.39, 0.29) is 11.3 Å². The predicted molar refractivity (Wildman–Crippen MR) is 87.9 cm³/mol. The van der Waals surface area contributed by atoms with Crippen LogP contribution < -0.4 is 5.32 Å². The quantitative estimate of drug-likeness (QED) is 0.775. The second kappa shape index (κ2) is 5.64. The predicted octanol–water partition coefficient (Wildman–Crippen LogP) is 3.27. The van der Waals surface area contributed by atoms with Gasteiger partial charge in [0, 0.05) is 41.5 Å². The Balaban J connectivity index is 1.78. The van der Waals surface area contributed by atoms with E-state index in [1.54, 1.807) is 24.5 Å². The lowest BCUT2D eigenvalue weighted by atomic mass is 9.84. The van der Waals surface area contributed by atoms with Crippen LogP contribution in [-0.2, 0) is 5.41 Å². The van der Waals surface area contributed by atoms with Gasteiger partial charge in [0.15, 0.2) is 0 Å². The molecule has 2 aromatic heterocycles. The number of aromatic nitrogens is 2. The van der Waals surface area contributed by atoms with E-state index in [0.717, 1.165) is 5.52 Å². The molecule has 0 fully saturated rings. The molecule has 0 aliphatic rings. The van der Waals surface area contributed by atoms with Crippen molar-refractivity contribution in [1.29, 1.82) is 0 Å². The third kappa shape index (κ3) is 2.72. The van der Waals surface area contributed by atoms with E-state index >= 15 is 0 Å². The molecule has 3 aromatic rings. The molecule has 0 aliphatic heterocycles. The number of aromatic amines is 1. The molecule has 1 aromatic carbocycles. The number of rotatable bonds is 4. The minimum absolute atomic E-state index is 0.0963. The Morgan fingerprint density at radius 3 is 2.82 bits per heavy atom. The van der Waals surface area contributed by atoms with Gasteiger partial charge in [-0.1, -0.05) is 32.0 Å². The summed E-state index contributed by atoms with van der Waals surface area (Å²) in [5, 5.41) is 4.20. The summed E-state index contributed by atoms with van der Waals surface area (Å²) in [6.45, 7) is 4.82. The molecule has 0 atom stereocenters. The first-order chi connectivity index (χ1) is 10.6. The molecule has 0 spiro atoms. The Labute approximate surface area is 129 Å². The largest absolute Gasteiger partial charge is 0.361 e. The van der Waals surface area contributed by atoms with Crippen molar-refractivity contribution in [2.45, 2.75) is 19.3 Å². The molecule has 0 radical (unpaired) electrons. The number of H-pyrrole nitrogens is 1.